The second kappa shape index (κ2) is 9.82. The van der Waals surface area contributed by atoms with E-state index in [2.05, 4.69) is 52.4 Å². The van der Waals surface area contributed by atoms with Crippen molar-refractivity contribution in [1.29, 1.82) is 0 Å². The van der Waals surface area contributed by atoms with E-state index in [-0.39, 0.29) is 24.0 Å². The van der Waals surface area contributed by atoms with E-state index >= 15 is 0 Å². The Morgan fingerprint density at radius 3 is 2.65 bits per heavy atom. The molecular formula is C16H24IN5S. The van der Waals surface area contributed by atoms with Crippen LogP contribution in [0, 0.1) is 20.8 Å². The summed E-state index contributed by atoms with van der Waals surface area (Å²) in [6, 6.07) is 4.00. The van der Waals surface area contributed by atoms with Crippen LogP contribution >= 0.6 is 35.3 Å². The Hall–Kier alpha value is -1.22. The molecule has 0 bridgehead atoms. The molecule has 126 valence electrons. The van der Waals surface area contributed by atoms with Gasteiger partial charge in [0, 0.05) is 17.6 Å². The Kier molecular flexibility index (Phi) is 8.46. The molecule has 0 amide bonds. The van der Waals surface area contributed by atoms with Gasteiger partial charge in [-0.05, 0) is 39.3 Å². The quantitative estimate of drug-likeness (QED) is 0.421. The van der Waals surface area contributed by atoms with Crippen LogP contribution in [0.25, 0.3) is 0 Å². The zero-order valence-corrected chi connectivity index (χ0v) is 17.2. The lowest BCUT2D eigenvalue weighted by Gasteiger charge is -2.10. The second-order valence-corrected chi connectivity index (χ2v) is 6.35. The number of thiazole rings is 1. The van der Waals surface area contributed by atoms with Crippen molar-refractivity contribution in [3.63, 3.8) is 0 Å². The lowest BCUT2D eigenvalue weighted by Crippen LogP contribution is -2.36. The van der Waals surface area contributed by atoms with Gasteiger partial charge in [-0.2, -0.15) is 0 Å². The molecule has 2 N–H and O–H groups in total. The topological polar surface area (TPSA) is 62.2 Å². The normalized spacial score (nSPS) is 11.0. The van der Waals surface area contributed by atoms with Gasteiger partial charge in [-0.3, -0.25) is 4.98 Å². The van der Waals surface area contributed by atoms with E-state index in [0.29, 0.717) is 13.1 Å². The molecule has 0 atom stereocenters. The molecule has 0 aliphatic heterocycles. The summed E-state index contributed by atoms with van der Waals surface area (Å²) in [6.45, 7) is 10.3. The summed E-state index contributed by atoms with van der Waals surface area (Å²) in [5, 5.41) is 7.66. The molecule has 0 aliphatic carbocycles. The van der Waals surface area contributed by atoms with Gasteiger partial charge in [0.15, 0.2) is 5.96 Å². The first-order chi connectivity index (χ1) is 10.6. The summed E-state index contributed by atoms with van der Waals surface area (Å²) in [5.41, 5.74) is 3.27. The van der Waals surface area contributed by atoms with Crippen molar-refractivity contribution in [2.45, 2.75) is 40.8 Å². The monoisotopic (exact) mass is 445 g/mol. The molecule has 23 heavy (non-hydrogen) atoms. The number of halogens is 1. The summed E-state index contributed by atoms with van der Waals surface area (Å²) < 4.78 is 0. The highest BCUT2D eigenvalue weighted by Crippen LogP contribution is 2.15. The van der Waals surface area contributed by atoms with Gasteiger partial charge in [0.25, 0.3) is 0 Å². The van der Waals surface area contributed by atoms with Gasteiger partial charge < -0.3 is 10.6 Å². The van der Waals surface area contributed by atoms with Gasteiger partial charge in [-0.15, -0.1) is 35.3 Å². The molecule has 0 aromatic carbocycles. The summed E-state index contributed by atoms with van der Waals surface area (Å²) in [5.74, 6) is 0.790. The SMILES string of the molecule is CCNC(=NCc1ncccc1C)NCc1nc(C)c(C)s1.I. The van der Waals surface area contributed by atoms with E-state index in [1.807, 2.05) is 13.0 Å². The molecular weight excluding hydrogens is 421 g/mol. The Bertz CT molecular complexity index is 634. The minimum Gasteiger partial charge on any atom is -0.357 e. The van der Waals surface area contributed by atoms with Gasteiger partial charge in [0.2, 0.25) is 0 Å². The molecule has 2 aromatic rings. The maximum atomic E-state index is 4.60. The predicted molar refractivity (Wildman–Crippen MR) is 108 cm³/mol. The number of hydrogen-bond donors (Lipinski definition) is 2. The first kappa shape index (κ1) is 19.8. The van der Waals surface area contributed by atoms with Crippen LogP contribution in [0.1, 0.15) is 33.8 Å². The summed E-state index contributed by atoms with van der Waals surface area (Å²) in [7, 11) is 0. The van der Waals surface area contributed by atoms with E-state index in [9.17, 15) is 0 Å². The molecule has 2 aromatic heterocycles. The highest BCUT2D eigenvalue weighted by molar-refractivity contribution is 14.0. The first-order valence-electron chi connectivity index (χ1n) is 7.45. The van der Waals surface area contributed by atoms with Crippen LogP contribution in [-0.2, 0) is 13.1 Å². The van der Waals surface area contributed by atoms with E-state index in [1.165, 1.54) is 4.88 Å². The highest BCUT2D eigenvalue weighted by Gasteiger charge is 2.05. The fraction of sp³-hybridized carbons (Fsp3) is 0.438. The average Bonchev–Trinajstić information content (AvgIpc) is 2.82. The molecule has 0 radical (unpaired) electrons. The van der Waals surface area contributed by atoms with Gasteiger partial charge >= 0.3 is 0 Å². The van der Waals surface area contributed by atoms with Crippen LogP contribution in [-0.4, -0.2) is 22.5 Å². The van der Waals surface area contributed by atoms with Crippen molar-refractivity contribution < 1.29 is 0 Å². The van der Waals surface area contributed by atoms with Crippen LogP contribution in [0.3, 0.4) is 0 Å². The minimum absolute atomic E-state index is 0. The molecule has 0 saturated carbocycles. The molecule has 2 heterocycles. The minimum atomic E-state index is 0. The zero-order chi connectivity index (χ0) is 15.9. The van der Waals surface area contributed by atoms with Crippen molar-refractivity contribution in [2.24, 2.45) is 4.99 Å². The van der Waals surface area contributed by atoms with E-state index in [4.69, 9.17) is 0 Å². The fourth-order valence-electron chi connectivity index (χ4n) is 1.95. The van der Waals surface area contributed by atoms with Crippen LogP contribution in [0.5, 0.6) is 0 Å². The predicted octanol–water partition coefficient (Wildman–Crippen LogP) is 3.34. The lowest BCUT2D eigenvalue weighted by atomic mass is 10.2. The summed E-state index contributed by atoms with van der Waals surface area (Å²) >= 11 is 1.72. The number of nitrogens with one attached hydrogen (secondary N) is 2. The molecule has 2 rings (SSSR count). The van der Waals surface area contributed by atoms with Crippen LogP contribution in [0.4, 0.5) is 0 Å². The largest absolute Gasteiger partial charge is 0.357 e. The van der Waals surface area contributed by atoms with Crippen LogP contribution < -0.4 is 10.6 Å². The van der Waals surface area contributed by atoms with E-state index in [1.54, 1.807) is 17.5 Å². The van der Waals surface area contributed by atoms with E-state index in [0.717, 1.165) is 34.5 Å². The summed E-state index contributed by atoms with van der Waals surface area (Å²) in [6.07, 6.45) is 1.80. The van der Waals surface area contributed by atoms with E-state index < -0.39 is 0 Å². The fourth-order valence-corrected chi connectivity index (χ4v) is 2.83. The smallest absolute Gasteiger partial charge is 0.191 e. The Labute approximate surface area is 159 Å². The first-order valence-corrected chi connectivity index (χ1v) is 8.27. The third-order valence-electron chi connectivity index (χ3n) is 3.33. The Balaban J connectivity index is 0.00000264. The van der Waals surface area contributed by atoms with Gasteiger partial charge in [-0.1, -0.05) is 6.07 Å². The zero-order valence-electron chi connectivity index (χ0n) is 14.0. The van der Waals surface area contributed by atoms with Crippen LogP contribution in [0.2, 0.25) is 0 Å². The number of guanidine groups is 1. The van der Waals surface area contributed by atoms with Crippen molar-refractivity contribution in [3.05, 3.63) is 45.2 Å². The number of aromatic nitrogens is 2. The number of aryl methyl sites for hydroxylation is 3. The Morgan fingerprint density at radius 2 is 2.04 bits per heavy atom. The Morgan fingerprint density at radius 1 is 1.26 bits per heavy atom. The standard InChI is InChI=1S/C16H23N5S.HI/c1-5-17-16(19-9-14-11(2)7-6-8-18-14)20-10-15-21-12(3)13(4)22-15;/h6-8H,5,9-10H2,1-4H3,(H2,17,19,20);1H. The molecule has 5 nitrogen and oxygen atoms in total. The number of pyridine rings is 1. The molecule has 0 aliphatic rings. The van der Waals surface area contributed by atoms with Gasteiger partial charge in [0.1, 0.15) is 5.01 Å². The highest BCUT2D eigenvalue weighted by atomic mass is 127. The second-order valence-electron chi connectivity index (χ2n) is 5.06. The average molecular weight is 445 g/mol. The molecule has 0 unspecified atom stereocenters. The lowest BCUT2D eigenvalue weighted by molar-refractivity contribution is 0.805. The maximum Gasteiger partial charge on any atom is 0.191 e. The number of hydrogen-bond acceptors (Lipinski definition) is 4. The molecule has 0 spiro atoms. The third kappa shape index (κ3) is 6.06. The summed E-state index contributed by atoms with van der Waals surface area (Å²) in [4.78, 5) is 14.8. The van der Waals surface area contributed by atoms with Crippen LogP contribution in [0.15, 0.2) is 23.3 Å². The van der Waals surface area contributed by atoms with Crippen molar-refractivity contribution in [1.82, 2.24) is 20.6 Å². The molecule has 7 heteroatoms. The van der Waals surface area contributed by atoms with Gasteiger partial charge in [0.05, 0.1) is 24.5 Å². The third-order valence-corrected chi connectivity index (χ3v) is 4.40. The van der Waals surface area contributed by atoms with Crippen molar-refractivity contribution >= 4 is 41.3 Å². The van der Waals surface area contributed by atoms with Gasteiger partial charge in [-0.25, -0.2) is 9.98 Å². The molecule has 0 fully saturated rings. The number of nitrogens with zero attached hydrogens (tertiary/aromatic N) is 3. The van der Waals surface area contributed by atoms with Crippen molar-refractivity contribution in [3.8, 4) is 0 Å². The molecule has 0 saturated heterocycles. The number of aliphatic imine (C=N–C) groups is 1. The maximum absolute atomic E-state index is 4.60. The van der Waals surface area contributed by atoms with Crippen molar-refractivity contribution in [2.75, 3.05) is 6.54 Å². The number of rotatable bonds is 5.